The number of phenolic OH excluding ortho intramolecular Hbond substituents is 1. The molecular formula is C28H30O5. The van der Waals surface area contributed by atoms with Gasteiger partial charge in [-0.2, -0.15) is 0 Å². The topological polar surface area (TPSA) is 72.8 Å². The molecule has 0 aliphatic carbocycles. The maximum absolute atomic E-state index is 11.3. The van der Waals surface area contributed by atoms with Crippen LogP contribution in [0.25, 0.3) is 0 Å². The quantitative estimate of drug-likeness (QED) is 0.360. The highest BCUT2D eigenvalue weighted by molar-refractivity contribution is 5.69. The number of hydrogen-bond acceptors (Lipinski definition) is 5. The van der Waals surface area contributed by atoms with Crippen molar-refractivity contribution in [2.45, 2.75) is 51.9 Å². The Bertz CT molecular complexity index is 1110. The molecule has 0 aliphatic heterocycles. The normalized spacial score (nSPS) is 13.1. The first-order valence-electron chi connectivity index (χ1n) is 10.9. The molecule has 1 unspecified atom stereocenters. The van der Waals surface area contributed by atoms with Gasteiger partial charge in [0.05, 0.1) is 0 Å². The first-order chi connectivity index (χ1) is 15.5. The Hall–Kier alpha value is -3.60. The zero-order chi connectivity index (χ0) is 24.2. The van der Waals surface area contributed by atoms with E-state index < -0.39 is 5.41 Å². The maximum Gasteiger partial charge on any atom is 0.308 e. The smallest absolute Gasteiger partial charge is 0.308 e. The number of rotatable bonds is 7. The Morgan fingerprint density at radius 3 is 1.42 bits per heavy atom. The molecule has 0 heterocycles. The van der Waals surface area contributed by atoms with E-state index >= 15 is 0 Å². The number of esters is 2. The van der Waals surface area contributed by atoms with Gasteiger partial charge in [0.15, 0.2) is 0 Å². The molecule has 1 N–H and O–H groups in total. The number of ether oxygens (including phenoxy) is 2. The molecule has 5 nitrogen and oxygen atoms in total. The number of aromatic hydroxyl groups is 1. The minimum absolute atomic E-state index is 0.214. The van der Waals surface area contributed by atoms with Crippen LogP contribution in [-0.2, 0) is 20.4 Å². The molecule has 33 heavy (non-hydrogen) atoms. The van der Waals surface area contributed by atoms with Crippen molar-refractivity contribution in [2.75, 3.05) is 0 Å². The number of carbonyl (C=O) groups is 2. The van der Waals surface area contributed by atoms with Crippen LogP contribution in [0.1, 0.15) is 57.7 Å². The van der Waals surface area contributed by atoms with Crippen molar-refractivity contribution in [3.63, 3.8) is 0 Å². The van der Waals surface area contributed by atoms with Crippen LogP contribution in [0.3, 0.4) is 0 Å². The minimum atomic E-state index is -0.402. The molecule has 0 saturated heterocycles. The predicted molar refractivity (Wildman–Crippen MR) is 128 cm³/mol. The third-order valence-electron chi connectivity index (χ3n) is 5.95. The van der Waals surface area contributed by atoms with Gasteiger partial charge in [0.2, 0.25) is 0 Å². The number of benzene rings is 3. The van der Waals surface area contributed by atoms with Crippen LogP contribution in [0.5, 0.6) is 17.2 Å². The molecule has 0 fully saturated rings. The second-order valence-corrected chi connectivity index (χ2v) is 9.18. The molecule has 0 saturated carbocycles. The SMILES string of the molecule is CC(=O)Oc1ccc(C(C)(C)CC(C)(c2ccc(O)cc2)c2ccc(OC(C)=O)cc2)cc1. The van der Waals surface area contributed by atoms with Crippen molar-refractivity contribution in [2.24, 2.45) is 0 Å². The van der Waals surface area contributed by atoms with Gasteiger partial charge in [0.1, 0.15) is 17.2 Å². The summed E-state index contributed by atoms with van der Waals surface area (Å²) in [5.41, 5.74) is 2.59. The molecule has 0 radical (unpaired) electrons. The molecule has 0 spiro atoms. The van der Waals surface area contributed by atoms with E-state index in [4.69, 9.17) is 9.47 Å². The van der Waals surface area contributed by atoms with Gasteiger partial charge in [-0.05, 0) is 64.9 Å². The average molecular weight is 447 g/mol. The van der Waals surface area contributed by atoms with Gasteiger partial charge >= 0.3 is 11.9 Å². The van der Waals surface area contributed by atoms with Gasteiger partial charge in [-0.1, -0.05) is 57.2 Å². The molecular weight excluding hydrogens is 416 g/mol. The van der Waals surface area contributed by atoms with Crippen molar-refractivity contribution in [3.8, 4) is 17.2 Å². The van der Waals surface area contributed by atoms with Gasteiger partial charge < -0.3 is 14.6 Å². The highest BCUT2D eigenvalue weighted by Gasteiger charge is 2.36. The Kier molecular flexibility index (Phi) is 6.92. The first-order valence-corrected chi connectivity index (χ1v) is 10.9. The lowest BCUT2D eigenvalue weighted by Crippen LogP contribution is -2.33. The fourth-order valence-corrected chi connectivity index (χ4v) is 4.38. The van der Waals surface area contributed by atoms with E-state index in [2.05, 4.69) is 20.8 Å². The summed E-state index contributed by atoms with van der Waals surface area (Å²) < 4.78 is 10.4. The van der Waals surface area contributed by atoms with Crippen molar-refractivity contribution >= 4 is 11.9 Å². The summed E-state index contributed by atoms with van der Waals surface area (Å²) in [4.78, 5) is 22.5. The Morgan fingerprint density at radius 2 is 1.03 bits per heavy atom. The molecule has 3 rings (SSSR count). The predicted octanol–water partition coefficient (Wildman–Crippen LogP) is 5.92. The van der Waals surface area contributed by atoms with Gasteiger partial charge in [0, 0.05) is 19.3 Å². The largest absolute Gasteiger partial charge is 0.508 e. The molecule has 5 heteroatoms. The number of carbonyl (C=O) groups excluding carboxylic acids is 2. The molecule has 0 bridgehead atoms. The first kappa shape index (κ1) is 24.1. The summed E-state index contributed by atoms with van der Waals surface area (Å²) in [6.07, 6.45) is 0.755. The standard InChI is InChI=1S/C28H30O5/c1-19(29)32-25-14-8-21(9-15-25)27(3,4)18-28(5,22-6-12-24(31)13-7-22)23-10-16-26(17-11-23)33-20(2)30/h6-17,31H,18H2,1-5H3. The summed E-state index contributed by atoms with van der Waals surface area (Å²) in [6, 6.07) is 22.4. The highest BCUT2D eigenvalue weighted by Crippen LogP contribution is 2.44. The van der Waals surface area contributed by atoms with E-state index in [1.165, 1.54) is 13.8 Å². The van der Waals surface area contributed by atoms with E-state index in [0.29, 0.717) is 11.5 Å². The van der Waals surface area contributed by atoms with Crippen LogP contribution in [0, 0.1) is 0 Å². The monoisotopic (exact) mass is 446 g/mol. The molecule has 0 amide bonds. The van der Waals surface area contributed by atoms with Gasteiger partial charge in [-0.15, -0.1) is 0 Å². The second kappa shape index (κ2) is 9.49. The summed E-state index contributed by atoms with van der Waals surface area (Å²) in [7, 11) is 0. The molecule has 3 aromatic carbocycles. The Labute approximate surface area is 195 Å². The van der Waals surface area contributed by atoms with E-state index in [1.54, 1.807) is 24.3 Å². The maximum atomic E-state index is 11.3. The van der Waals surface area contributed by atoms with Crippen molar-refractivity contribution < 1.29 is 24.2 Å². The van der Waals surface area contributed by atoms with Gasteiger partial charge in [0.25, 0.3) is 0 Å². The van der Waals surface area contributed by atoms with E-state index in [9.17, 15) is 14.7 Å². The fourth-order valence-electron chi connectivity index (χ4n) is 4.38. The number of hydrogen-bond donors (Lipinski definition) is 1. The molecule has 172 valence electrons. The van der Waals surface area contributed by atoms with Gasteiger partial charge in [-0.3, -0.25) is 9.59 Å². The Balaban J connectivity index is 1.99. The van der Waals surface area contributed by atoms with Crippen molar-refractivity contribution in [3.05, 3.63) is 89.5 Å². The van der Waals surface area contributed by atoms with E-state index in [0.717, 1.165) is 23.1 Å². The third kappa shape index (κ3) is 5.80. The fraction of sp³-hybridized carbons (Fsp3) is 0.286. The number of phenols is 1. The molecule has 0 aromatic heterocycles. The summed E-state index contributed by atoms with van der Waals surface area (Å²) >= 11 is 0. The van der Waals surface area contributed by atoms with Gasteiger partial charge in [-0.25, -0.2) is 0 Å². The van der Waals surface area contributed by atoms with Crippen LogP contribution in [-0.4, -0.2) is 17.0 Å². The van der Waals surface area contributed by atoms with Crippen LogP contribution >= 0.6 is 0 Å². The third-order valence-corrected chi connectivity index (χ3v) is 5.95. The highest BCUT2D eigenvalue weighted by atomic mass is 16.5. The summed E-state index contributed by atoms with van der Waals surface area (Å²) in [5.74, 6) is 0.525. The van der Waals surface area contributed by atoms with Crippen molar-refractivity contribution in [1.82, 2.24) is 0 Å². The average Bonchev–Trinajstić information content (AvgIpc) is 2.74. The molecule has 1 atom stereocenters. The van der Waals surface area contributed by atoms with Crippen LogP contribution in [0.4, 0.5) is 0 Å². The molecule has 0 aliphatic rings. The van der Waals surface area contributed by atoms with Crippen molar-refractivity contribution in [1.29, 1.82) is 0 Å². The lowest BCUT2D eigenvalue weighted by atomic mass is 9.64. The minimum Gasteiger partial charge on any atom is -0.508 e. The second-order valence-electron chi connectivity index (χ2n) is 9.18. The lowest BCUT2D eigenvalue weighted by molar-refractivity contribution is -0.132. The summed E-state index contributed by atoms with van der Waals surface area (Å²) in [6.45, 7) is 9.30. The zero-order valence-corrected chi connectivity index (χ0v) is 19.7. The van der Waals surface area contributed by atoms with Crippen LogP contribution in [0.15, 0.2) is 72.8 Å². The zero-order valence-electron chi connectivity index (χ0n) is 19.7. The van der Waals surface area contributed by atoms with E-state index in [-0.39, 0.29) is 23.1 Å². The van der Waals surface area contributed by atoms with E-state index in [1.807, 2.05) is 48.5 Å². The lowest BCUT2D eigenvalue weighted by Gasteiger charge is -2.39. The van der Waals surface area contributed by atoms with Crippen LogP contribution < -0.4 is 9.47 Å². The molecule has 3 aromatic rings. The summed E-state index contributed by atoms with van der Waals surface area (Å²) in [5, 5.41) is 9.83. The van der Waals surface area contributed by atoms with Crippen LogP contribution in [0.2, 0.25) is 0 Å². The Morgan fingerprint density at radius 1 is 0.667 bits per heavy atom.